The van der Waals surface area contributed by atoms with E-state index < -0.39 is 26.7 Å². The van der Waals surface area contributed by atoms with Crippen molar-refractivity contribution in [1.29, 1.82) is 0 Å². The molecule has 44 heavy (non-hydrogen) atoms. The Kier molecular flexibility index (Phi) is 8.89. The minimum atomic E-state index is -3.72. The monoisotopic (exact) mass is 641 g/mol. The third-order valence-corrected chi connectivity index (χ3v) is 10.6. The molecule has 0 radical (unpaired) electrons. The quantitative estimate of drug-likeness (QED) is 0.226. The molecule has 12 heteroatoms. The van der Waals surface area contributed by atoms with Crippen LogP contribution >= 0.6 is 11.3 Å². The molecule has 0 bridgehead atoms. The lowest BCUT2D eigenvalue weighted by Gasteiger charge is -2.33. The minimum absolute atomic E-state index is 0.185. The van der Waals surface area contributed by atoms with Crippen LogP contribution in [0.3, 0.4) is 0 Å². The lowest BCUT2D eigenvalue weighted by molar-refractivity contribution is 0.0945. The largest absolute Gasteiger partial charge is 0.508 e. The van der Waals surface area contributed by atoms with E-state index in [9.17, 15) is 17.6 Å². The predicted molar refractivity (Wildman–Crippen MR) is 169 cm³/mol. The first-order valence-electron chi connectivity index (χ1n) is 14.8. The number of likely N-dealkylation sites (tertiary alicyclic amines) is 1. The molecule has 6 rings (SSSR count). The summed E-state index contributed by atoms with van der Waals surface area (Å²) in [6, 6.07) is 9.10. The van der Waals surface area contributed by atoms with Gasteiger partial charge in [0.25, 0.3) is 0 Å². The van der Waals surface area contributed by atoms with Crippen molar-refractivity contribution < 1.29 is 31.8 Å². The Bertz CT molecular complexity index is 1720. The molecular weight excluding hydrogens is 605 g/mol. The highest BCUT2D eigenvalue weighted by molar-refractivity contribution is 7.90. The van der Waals surface area contributed by atoms with E-state index in [0.717, 1.165) is 55.2 Å². The predicted octanol–water partition coefficient (Wildman–Crippen LogP) is 5.28. The number of anilines is 2. The van der Waals surface area contributed by atoms with Gasteiger partial charge in [0.1, 0.15) is 23.1 Å². The molecule has 3 heterocycles. The summed E-state index contributed by atoms with van der Waals surface area (Å²) in [6.45, 7) is 3.12. The number of nitrogens with zero attached hydrogens (tertiary/aromatic N) is 1. The van der Waals surface area contributed by atoms with Crippen LogP contribution in [0.4, 0.5) is 20.6 Å². The van der Waals surface area contributed by atoms with Gasteiger partial charge < -0.3 is 24.8 Å². The second-order valence-corrected chi connectivity index (χ2v) is 14.7. The number of carbonyl (C=O) groups is 1. The van der Waals surface area contributed by atoms with E-state index in [1.165, 1.54) is 41.7 Å². The maximum absolute atomic E-state index is 14.5. The molecule has 3 aromatic rings. The first kappa shape index (κ1) is 30.5. The Hall–Kier alpha value is -3.53. The molecule has 2 aliphatic heterocycles. The highest BCUT2D eigenvalue weighted by Gasteiger charge is 2.30. The van der Waals surface area contributed by atoms with Crippen molar-refractivity contribution in [2.24, 2.45) is 5.92 Å². The van der Waals surface area contributed by atoms with E-state index in [4.69, 9.17) is 14.2 Å². The number of nitrogens with one attached hydrogen (secondary N) is 2. The smallest absolute Gasteiger partial charge is 0.495 e. The molecule has 0 spiro atoms. The van der Waals surface area contributed by atoms with Gasteiger partial charge in [0.05, 0.1) is 34.6 Å². The van der Waals surface area contributed by atoms with Gasteiger partial charge in [-0.1, -0.05) is 24.0 Å². The Morgan fingerprint density at radius 1 is 1.16 bits per heavy atom. The van der Waals surface area contributed by atoms with Crippen LogP contribution in [-0.2, 0) is 25.7 Å². The van der Waals surface area contributed by atoms with Crippen molar-refractivity contribution in [3.8, 4) is 17.6 Å². The number of hydrogen-bond acceptors (Lipinski definition) is 10. The molecule has 2 saturated heterocycles. The fourth-order valence-corrected chi connectivity index (χ4v) is 7.73. The number of fused-ring (bicyclic) bond motifs is 1. The number of carbonyl (C=O) groups excluding carboxylic acids is 1. The summed E-state index contributed by atoms with van der Waals surface area (Å²) in [7, 11) is -2.31. The Morgan fingerprint density at radius 2 is 1.95 bits per heavy atom. The van der Waals surface area contributed by atoms with Gasteiger partial charge in [-0.05, 0) is 55.0 Å². The molecule has 0 amide bonds. The molecule has 2 aromatic carbocycles. The maximum Gasteiger partial charge on any atom is 0.508 e. The summed E-state index contributed by atoms with van der Waals surface area (Å²) in [5, 5.41) is 8.12. The zero-order chi connectivity index (χ0) is 30.8. The van der Waals surface area contributed by atoms with Crippen molar-refractivity contribution in [1.82, 2.24) is 4.90 Å². The highest BCUT2D eigenvalue weighted by Crippen LogP contribution is 2.42. The Balaban J connectivity index is 1.15. The van der Waals surface area contributed by atoms with Gasteiger partial charge in [0.15, 0.2) is 15.9 Å². The number of methoxy groups -OCH3 is 1. The third-order valence-electron chi connectivity index (χ3n) is 8.29. The number of rotatable bonds is 10. The number of hydrogen-bond donors (Lipinski definition) is 2. The Morgan fingerprint density at radius 3 is 2.64 bits per heavy atom. The summed E-state index contributed by atoms with van der Waals surface area (Å²) in [5.74, 6) is 6.65. The molecule has 1 saturated carbocycles. The number of benzene rings is 2. The van der Waals surface area contributed by atoms with Gasteiger partial charge >= 0.3 is 6.16 Å². The van der Waals surface area contributed by atoms with E-state index in [-0.39, 0.29) is 18.4 Å². The lowest BCUT2D eigenvalue weighted by Crippen LogP contribution is -2.43. The van der Waals surface area contributed by atoms with Crippen LogP contribution < -0.4 is 15.4 Å². The normalized spacial score (nSPS) is 19.2. The van der Waals surface area contributed by atoms with Crippen LogP contribution in [0, 0.1) is 23.6 Å². The SMILES string of the molecule is COc1cc(S(C)(=O)=O)c(F)cc1NCC#Cc1sc2c(NC3CCN(CC4COC(=O)O4)CC3)cccc2c1CC1CC1. The zero-order valence-corrected chi connectivity index (χ0v) is 26.4. The van der Waals surface area contributed by atoms with Gasteiger partial charge in [-0.2, -0.15) is 0 Å². The number of cyclic esters (lactones) is 2. The molecule has 3 fully saturated rings. The average Bonchev–Trinajstić information content (AvgIpc) is 3.62. The molecule has 2 N–H and O–H groups in total. The molecule has 1 aliphatic carbocycles. The second kappa shape index (κ2) is 12.8. The number of thiophene rings is 1. The summed E-state index contributed by atoms with van der Waals surface area (Å²) in [4.78, 5) is 14.2. The molecule has 1 atom stereocenters. The fourth-order valence-electron chi connectivity index (χ4n) is 5.81. The molecule has 9 nitrogen and oxygen atoms in total. The highest BCUT2D eigenvalue weighted by atomic mass is 32.2. The van der Waals surface area contributed by atoms with Gasteiger partial charge in [0, 0.05) is 44.1 Å². The van der Waals surface area contributed by atoms with Gasteiger partial charge in [0.2, 0.25) is 0 Å². The molecule has 234 valence electrons. The second-order valence-electron chi connectivity index (χ2n) is 11.7. The van der Waals surface area contributed by atoms with Gasteiger partial charge in [-0.25, -0.2) is 17.6 Å². The van der Waals surface area contributed by atoms with Crippen LogP contribution in [0.15, 0.2) is 35.2 Å². The first-order chi connectivity index (χ1) is 21.2. The average molecular weight is 642 g/mol. The molecular formula is C32H36FN3O6S2. The molecule has 1 aromatic heterocycles. The third kappa shape index (κ3) is 7.06. The van der Waals surface area contributed by atoms with Crippen molar-refractivity contribution in [2.75, 3.05) is 56.8 Å². The molecule has 1 unspecified atom stereocenters. The Labute approximate surface area is 261 Å². The lowest BCUT2D eigenvalue weighted by atomic mass is 10.0. The van der Waals surface area contributed by atoms with E-state index in [2.05, 4.69) is 45.6 Å². The van der Waals surface area contributed by atoms with E-state index in [1.54, 1.807) is 11.3 Å². The summed E-state index contributed by atoms with van der Waals surface area (Å²) >= 11 is 1.70. The van der Waals surface area contributed by atoms with Crippen molar-refractivity contribution in [3.05, 3.63) is 46.6 Å². The first-order valence-corrected chi connectivity index (χ1v) is 17.6. The zero-order valence-electron chi connectivity index (χ0n) is 24.8. The number of sulfone groups is 1. The van der Waals surface area contributed by atoms with E-state index in [0.29, 0.717) is 30.8 Å². The fraction of sp³-hybridized carbons (Fsp3) is 0.469. The van der Waals surface area contributed by atoms with Crippen LogP contribution in [0.5, 0.6) is 5.75 Å². The van der Waals surface area contributed by atoms with E-state index in [1.807, 2.05) is 0 Å². The number of ether oxygens (including phenoxy) is 3. The number of halogens is 1. The standard InChI is InChI=1S/C32H36FN3O6S2/c1-40-28-17-30(44(2,38)39)25(33)16-27(28)34-12-4-7-29-24(15-20-8-9-20)23-5-3-6-26(31(23)43-29)35-21-10-13-36(14-11-21)18-22-19-41-32(37)42-22/h3,5-6,16-17,20-22,34-35H,8-15,18-19H2,1-2H3. The van der Waals surface area contributed by atoms with E-state index >= 15 is 0 Å². The molecule has 3 aliphatic rings. The number of piperidine rings is 1. The summed E-state index contributed by atoms with van der Waals surface area (Å²) in [5.41, 5.74) is 2.75. The van der Waals surface area contributed by atoms with Crippen molar-refractivity contribution >= 4 is 48.8 Å². The van der Waals surface area contributed by atoms with Crippen LogP contribution in [0.2, 0.25) is 0 Å². The van der Waals surface area contributed by atoms with Crippen LogP contribution in [0.1, 0.15) is 36.1 Å². The van der Waals surface area contributed by atoms with Gasteiger partial charge in [-0.15, -0.1) is 11.3 Å². The van der Waals surface area contributed by atoms with Crippen molar-refractivity contribution in [2.45, 2.75) is 49.1 Å². The maximum atomic E-state index is 14.5. The summed E-state index contributed by atoms with van der Waals surface area (Å²) in [6.07, 6.45) is 5.67. The van der Waals surface area contributed by atoms with Gasteiger partial charge in [-0.3, -0.25) is 4.90 Å². The van der Waals surface area contributed by atoms with Crippen molar-refractivity contribution in [3.63, 3.8) is 0 Å². The van der Waals surface area contributed by atoms with Crippen LogP contribution in [0.25, 0.3) is 10.1 Å². The summed E-state index contributed by atoms with van der Waals surface area (Å²) < 4.78 is 54.9. The van der Waals surface area contributed by atoms with Crippen LogP contribution in [-0.4, -0.2) is 77.8 Å². The minimum Gasteiger partial charge on any atom is -0.495 e. The topological polar surface area (TPSA) is 106 Å².